The van der Waals surface area contributed by atoms with Crippen LogP contribution in [0.25, 0.3) is 0 Å². The molecule has 2 bridgehead atoms. The molecule has 1 aromatic carbocycles. The molecule has 1 saturated heterocycles. The normalized spacial score (nSPS) is 28.2. The summed E-state index contributed by atoms with van der Waals surface area (Å²) in [4.78, 5) is 2.63. The number of ether oxygens (including phenoxy) is 1. The van der Waals surface area contributed by atoms with Gasteiger partial charge in [-0.05, 0) is 55.7 Å². The fraction of sp³-hybridized carbons (Fsp3) is 0.667. The molecule has 3 aliphatic rings. The van der Waals surface area contributed by atoms with Crippen molar-refractivity contribution in [2.45, 2.75) is 50.7 Å². The SMILES string of the molecule is c1cc(CNC2CC2)cc(OCCN2CC3CCC2C3)c1. The van der Waals surface area contributed by atoms with Crippen LogP contribution in [0, 0.1) is 5.92 Å². The highest BCUT2D eigenvalue weighted by Gasteiger charge is 2.37. The summed E-state index contributed by atoms with van der Waals surface area (Å²) in [5.41, 5.74) is 1.33. The molecule has 1 aliphatic heterocycles. The lowest BCUT2D eigenvalue weighted by atomic mass is 10.1. The molecule has 2 saturated carbocycles. The highest BCUT2D eigenvalue weighted by atomic mass is 16.5. The van der Waals surface area contributed by atoms with Gasteiger partial charge in [0.15, 0.2) is 0 Å². The standard InChI is InChI=1S/C18H26N2O/c1-2-14(12-19-16-5-6-16)11-18(3-1)21-9-8-20-13-15-4-7-17(20)10-15/h1-3,11,15-17,19H,4-10,12-13H2. The molecule has 114 valence electrons. The molecule has 3 fully saturated rings. The summed E-state index contributed by atoms with van der Waals surface area (Å²) in [6.45, 7) is 4.19. The lowest BCUT2D eigenvalue weighted by Crippen LogP contribution is -2.35. The molecule has 0 aromatic heterocycles. The van der Waals surface area contributed by atoms with Crippen LogP contribution < -0.4 is 10.1 Å². The van der Waals surface area contributed by atoms with E-state index in [-0.39, 0.29) is 0 Å². The van der Waals surface area contributed by atoms with Crippen molar-refractivity contribution in [3.05, 3.63) is 29.8 Å². The first-order valence-electron chi connectivity index (χ1n) is 8.56. The number of rotatable bonds is 7. The van der Waals surface area contributed by atoms with Gasteiger partial charge in [0, 0.05) is 31.7 Å². The Balaban J connectivity index is 1.23. The third-order valence-electron chi connectivity index (χ3n) is 5.24. The molecule has 1 N–H and O–H groups in total. The van der Waals surface area contributed by atoms with Gasteiger partial charge in [0.05, 0.1) is 0 Å². The van der Waals surface area contributed by atoms with Crippen LogP contribution >= 0.6 is 0 Å². The van der Waals surface area contributed by atoms with Crippen LogP contribution in [-0.4, -0.2) is 36.7 Å². The van der Waals surface area contributed by atoms with Gasteiger partial charge in [-0.1, -0.05) is 12.1 Å². The molecule has 1 heterocycles. The Hall–Kier alpha value is -1.06. The summed E-state index contributed by atoms with van der Waals surface area (Å²) in [6, 6.07) is 10.2. The highest BCUT2D eigenvalue weighted by molar-refractivity contribution is 5.28. The number of nitrogens with one attached hydrogen (secondary N) is 1. The molecule has 0 radical (unpaired) electrons. The van der Waals surface area contributed by atoms with Gasteiger partial charge in [0.1, 0.15) is 12.4 Å². The molecular formula is C18H26N2O. The van der Waals surface area contributed by atoms with Crippen molar-refractivity contribution in [3.63, 3.8) is 0 Å². The number of piperidine rings is 1. The fourth-order valence-corrected chi connectivity index (χ4v) is 3.88. The first kappa shape index (κ1) is 13.6. The van der Waals surface area contributed by atoms with E-state index in [0.717, 1.165) is 43.4 Å². The van der Waals surface area contributed by atoms with Crippen molar-refractivity contribution in [2.75, 3.05) is 19.7 Å². The maximum Gasteiger partial charge on any atom is 0.119 e. The van der Waals surface area contributed by atoms with Crippen LogP contribution in [0.5, 0.6) is 5.75 Å². The Kier molecular flexibility index (Phi) is 3.87. The second-order valence-corrected chi connectivity index (χ2v) is 6.98. The Morgan fingerprint density at radius 1 is 1.19 bits per heavy atom. The number of fused-ring (bicyclic) bond motifs is 2. The molecular weight excluding hydrogens is 260 g/mol. The minimum absolute atomic E-state index is 0.764. The van der Waals surface area contributed by atoms with Crippen molar-refractivity contribution in [1.29, 1.82) is 0 Å². The average molecular weight is 286 g/mol. The van der Waals surface area contributed by atoms with E-state index in [4.69, 9.17) is 4.74 Å². The molecule has 3 nitrogen and oxygen atoms in total. The monoisotopic (exact) mass is 286 g/mol. The average Bonchev–Trinajstić information content (AvgIpc) is 3.11. The number of hydrogen-bond donors (Lipinski definition) is 1. The van der Waals surface area contributed by atoms with Gasteiger partial charge in [-0.3, -0.25) is 4.90 Å². The van der Waals surface area contributed by atoms with Gasteiger partial charge in [-0.2, -0.15) is 0 Å². The summed E-state index contributed by atoms with van der Waals surface area (Å²) in [7, 11) is 0. The molecule has 0 spiro atoms. The molecule has 2 aliphatic carbocycles. The van der Waals surface area contributed by atoms with E-state index in [1.165, 1.54) is 44.2 Å². The van der Waals surface area contributed by atoms with Crippen LogP contribution in [0.3, 0.4) is 0 Å². The predicted molar refractivity (Wildman–Crippen MR) is 84.5 cm³/mol. The molecule has 1 aromatic rings. The maximum absolute atomic E-state index is 5.97. The molecule has 2 unspecified atom stereocenters. The van der Waals surface area contributed by atoms with E-state index in [1.807, 2.05) is 0 Å². The first-order chi connectivity index (χ1) is 10.4. The van der Waals surface area contributed by atoms with Crippen molar-refractivity contribution >= 4 is 0 Å². The Bertz CT molecular complexity index is 486. The van der Waals surface area contributed by atoms with Crippen LogP contribution in [-0.2, 0) is 6.54 Å². The summed E-state index contributed by atoms with van der Waals surface area (Å²) in [5, 5.41) is 3.56. The van der Waals surface area contributed by atoms with E-state index in [9.17, 15) is 0 Å². The summed E-state index contributed by atoms with van der Waals surface area (Å²) >= 11 is 0. The van der Waals surface area contributed by atoms with Crippen molar-refractivity contribution in [1.82, 2.24) is 10.2 Å². The zero-order valence-electron chi connectivity index (χ0n) is 12.8. The van der Waals surface area contributed by atoms with E-state index >= 15 is 0 Å². The van der Waals surface area contributed by atoms with Gasteiger partial charge < -0.3 is 10.1 Å². The maximum atomic E-state index is 5.97. The van der Waals surface area contributed by atoms with E-state index in [1.54, 1.807) is 0 Å². The number of benzene rings is 1. The summed E-state index contributed by atoms with van der Waals surface area (Å²) in [5.74, 6) is 2.00. The van der Waals surface area contributed by atoms with Crippen molar-refractivity contribution < 1.29 is 4.74 Å². The van der Waals surface area contributed by atoms with E-state index in [0.29, 0.717) is 0 Å². The number of hydrogen-bond acceptors (Lipinski definition) is 3. The lowest BCUT2D eigenvalue weighted by Gasteiger charge is -2.26. The lowest BCUT2D eigenvalue weighted by molar-refractivity contribution is 0.172. The third kappa shape index (κ3) is 3.41. The highest BCUT2D eigenvalue weighted by Crippen LogP contribution is 2.36. The number of likely N-dealkylation sites (tertiary alicyclic amines) is 1. The predicted octanol–water partition coefficient (Wildman–Crippen LogP) is 2.80. The molecule has 4 rings (SSSR count). The fourth-order valence-electron chi connectivity index (χ4n) is 3.88. The smallest absolute Gasteiger partial charge is 0.119 e. The topological polar surface area (TPSA) is 24.5 Å². The Morgan fingerprint density at radius 2 is 2.14 bits per heavy atom. The second kappa shape index (κ2) is 5.98. The van der Waals surface area contributed by atoms with Crippen LogP contribution in [0.4, 0.5) is 0 Å². The van der Waals surface area contributed by atoms with Crippen molar-refractivity contribution in [3.8, 4) is 5.75 Å². The molecule has 2 atom stereocenters. The first-order valence-corrected chi connectivity index (χ1v) is 8.56. The Morgan fingerprint density at radius 3 is 2.90 bits per heavy atom. The minimum atomic E-state index is 0.764. The van der Waals surface area contributed by atoms with E-state index < -0.39 is 0 Å². The largest absolute Gasteiger partial charge is 0.492 e. The Labute approximate surface area is 127 Å². The van der Waals surface area contributed by atoms with E-state index in [2.05, 4.69) is 34.5 Å². The van der Waals surface area contributed by atoms with Gasteiger partial charge in [0.25, 0.3) is 0 Å². The molecule has 21 heavy (non-hydrogen) atoms. The van der Waals surface area contributed by atoms with Gasteiger partial charge in [-0.15, -0.1) is 0 Å². The summed E-state index contributed by atoms with van der Waals surface area (Å²) in [6.07, 6.45) is 6.98. The van der Waals surface area contributed by atoms with Gasteiger partial charge >= 0.3 is 0 Å². The van der Waals surface area contributed by atoms with Gasteiger partial charge in [-0.25, -0.2) is 0 Å². The molecule has 0 amide bonds. The van der Waals surface area contributed by atoms with Crippen LogP contribution in [0.2, 0.25) is 0 Å². The summed E-state index contributed by atoms with van der Waals surface area (Å²) < 4.78 is 5.97. The van der Waals surface area contributed by atoms with Crippen molar-refractivity contribution in [2.24, 2.45) is 5.92 Å². The zero-order chi connectivity index (χ0) is 14.1. The third-order valence-corrected chi connectivity index (χ3v) is 5.24. The van der Waals surface area contributed by atoms with Crippen LogP contribution in [0.1, 0.15) is 37.7 Å². The zero-order valence-corrected chi connectivity index (χ0v) is 12.8. The van der Waals surface area contributed by atoms with Gasteiger partial charge in [0.2, 0.25) is 0 Å². The minimum Gasteiger partial charge on any atom is -0.492 e. The van der Waals surface area contributed by atoms with Crippen LogP contribution in [0.15, 0.2) is 24.3 Å². The molecule has 3 heteroatoms. The second-order valence-electron chi connectivity index (χ2n) is 6.98. The quantitative estimate of drug-likeness (QED) is 0.834. The number of nitrogens with zero attached hydrogens (tertiary/aromatic N) is 1.